The first-order valence-electron chi connectivity index (χ1n) is 7.44. The third-order valence-corrected chi connectivity index (χ3v) is 5.21. The van der Waals surface area contributed by atoms with Gasteiger partial charge >= 0.3 is 0 Å². The molecular formula is C15H25N3O2S. The van der Waals surface area contributed by atoms with E-state index in [9.17, 15) is 4.79 Å². The molecule has 1 saturated heterocycles. The number of carbonyl (C=O) groups excluding carboxylic acids is 1. The van der Waals surface area contributed by atoms with Crippen molar-refractivity contribution >= 4 is 17.2 Å². The van der Waals surface area contributed by atoms with Gasteiger partial charge in [-0.3, -0.25) is 9.69 Å². The molecule has 1 aliphatic rings. The van der Waals surface area contributed by atoms with Gasteiger partial charge in [0.25, 0.3) is 0 Å². The number of thiophene rings is 1. The molecule has 0 aliphatic carbocycles. The zero-order valence-corrected chi connectivity index (χ0v) is 13.8. The van der Waals surface area contributed by atoms with E-state index in [-0.39, 0.29) is 24.0 Å². The van der Waals surface area contributed by atoms with Crippen molar-refractivity contribution in [1.29, 1.82) is 0 Å². The minimum atomic E-state index is -0.271. The Morgan fingerprint density at radius 3 is 3.00 bits per heavy atom. The van der Waals surface area contributed by atoms with Crippen molar-refractivity contribution in [1.82, 2.24) is 10.2 Å². The smallest absolute Gasteiger partial charge is 0.239 e. The van der Waals surface area contributed by atoms with Crippen LogP contribution in [0.25, 0.3) is 0 Å². The summed E-state index contributed by atoms with van der Waals surface area (Å²) >= 11 is 1.72. The van der Waals surface area contributed by atoms with Gasteiger partial charge in [0.2, 0.25) is 5.91 Å². The molecule has 0 bridgehead atoms. The van der Waals surface area contributed by atoms with E-state index in [1.54, 1.807) is 18.4 Å². The Hall–Kier alpha value is -0.950. The van der Waals surface area contributed by atoms with Gasteiger partial charge < -0.3 is 15.8 Å². The third-order valence-electron chi connectivity index (χ3n) is 4.12. The predicted octanol–water partition coefficient (Wildman–Crippen LogP) is 1.28. The highest BCUT2D eigenvalue weighted by Crippen LogP contribution is 2.34. The summed E-state index contributed by atoms with van der Waals surface area (Å²) in [4.78, 5) is 15.7. The number of ether oxygens (including phenoxy) is 1. The summed E-state index contributed by atoms with van der Waals surface area (Å²) in [5.41, 5.74) is 7.65. The molecule has 3 N–H and O–H groups in total. The van der Waals surface area contributed by atoms with Crippen molar-refractivity contribution in [2.24, 2.45) is 5.73 Å². The second-order valence-corrected chi connectivity index (χ2v) is 6.38. The van der Waals surface area contributed by atoms with Gasteiger partial charge in [0.1, 0.15) is 6.04 Å². The molecule has 118 valence electrons. The molecule has 3 atom stereocenters. The molecule has 0 aromatic carbocycles. The molecule has 1 amide bonds. The number of hydrogen-bond acceptors (Lipinski definition) is 5. The number of morpholine rings is 1. The summed E-state index contributed by atoms with van der Waals surface area (Å²) in [6.45, 7) is 6.00. The van der Waals surface area contributed by atoms with Crippen LogP contribution in [0.2, 0.25) is 0 Å². The lowest BCUT2D eigenvalue weighted by Crippen LogP contribution is -2.57. The summed E-state index contributed by atoms with van der Waals surface area (Å²) in [7, 11) is 1.67. The van der Waals surface area contributed by atoms with Crippen molar-refractivity contribution in [2.75, 3.05) is 26.8 Å². The van der Waals surface area contributed by atoms with Crippen LogP contribution in [0.15, 0.2) is 11.4 Å². The van der Waals surface area contributed by atoms with Crippen LogP contribution in [-0.2, 0) is 9.53 Å². The van der Waals surface area contributed by atoms with Crippen molar-refractivity contribution < 1.29 is 9.53 Å². The Morgan fingerprint density at radius 2 is 2.43 bits per heavy atom. The number of hydrogen-bond donors (Lipinski definition) is 2. The number of rotatable bonds is 5. The van der Waals surface area contributed by atoms with Gasteiger partial charge in [0.05, 0.1) is 19.3 Å². The molecule has 1 aliphatic heterocycles. The third kappa shape index (κ3) is 3.45. The number of nitrogens with one attached hydrogen (secondary N) is 1. The first kappa shape index (κ1) is 16.4. The molecule has 3 unspecified atom stereocenters. The van der Waals surface area contributed by atoms with E-state index in [1.165, 1.54) is 10.4 Å². The number of aryl methyl sites for hydroxylation is 1. The van der Waals surface area contributed by atoms with Crippen LogP contribution in [-0.4, -0.2) is 49.7 Å². The van der Waals surface area contributed by atoms with Gasteiger partial charge in [-0.2, -0.15) is 0 Å². The molecule has 0 spiro atoms. The number of likely N-dealkylation sites (N-methyl/N-ethyl adjacent to an activating group) is 1. The summed E-state index contributed by atoms with van der Waals surface area (Å²) < 4.78 is 5.51. The molecule has 1 aromatic heterocycles. The first-order valence-corrected chi connectivity index (χ1v) is 8.32. The Morgan fingerprint density at radius 1 is 1.67 bits per heavy atom. The Bertz CT molecular complexity index is 477. The van der Waals surface area contributed by atoms with Crippen LogP contribution in [0.1, 0.15) is 29.8 Å². The fourth-order valence-corrected chi connectivity index (χ4v) is 3.97. The van der Waals surface area contributed by atoms with Gasteiger partial charge in [-0.05, 0) is 30.4 Å². The van der Waals surface area contributed by atoms with Gasteiger partial charge in [0.15, 0.2) is 0 Å². The average molecular weight is 311 g/mol. The largest absolute Gasteiger partial charge is 0.378 e. The monoisotopic (exact) mass is 311 g/mol. The van der Waals surface area contributed by atoms with Crippen LogP contribution in [0, 0.1) is 6.92 Å². The second-order valence-electron chi connectivity index (χ2n) is 5.43. The van der Waals surface area contributed by atoms with Crippen molar-refractivity contribution in [3.63, 3.8) is 0 Å². The molecule has 21 heavy (non-hydrogen) atoms. The lowest BCUT2D eigenvalue weighted by Gasteiger charge is -2.42. The molecule has 5 nitrogen and oxygen atoms in total. The Kier molecular flexibility index (Phi) is 5.75. The van der Waals surface area contributed by atoms with E-state index >= 15 is 0 Å². The highest BCUT2D eigenvalue weighted by Gasteiger charge is 2.37. The van der Waals surface area contributed by atoms with Crippen LogP contribution < -0.4 is 11.1 Å². The maximum Gasteiger partial charge on any atom is 0.239 e. The number of carbonyl (C=O) groups is 1. The minimum absolute atomic E-state index is 0.00258. The maximum absolute atomic E-state index is 12.2. The quantitative estimate of drug-likeness (QED) is 0.860. The number of nitrogens with two attached hydrogens (primary N) is 1. The summed E-state index contributed by atoms with van der Waals surface area (Å²) in [5, 5.41) is 4.83. The lowest BCUT2D eigenvalue weighted by molar-refractivity contribution is -0.134. The molecule has 0 radical (unpaired) electrons. The molecule has 0 saturated carbocycles. The summed E-state index contributed by atoms with van der Waals surface area (Å²) in [6, 6.07) is 1.92. The average Bonchev–Trinajstić information content (AvgIpc) is 2.93. The summed E-state index contributed by atoms with van der Waals surface area (Å²) in [6.07, 6.45) is 0.875. The number of amides is 1. The highest BCUT2D eigenvalue weighted by molar-refractivity contribution is 7.10. The molecule has 1 aromatic rings. The first-order chi connectivity index (χ1) is 10.1. The van der Waals surface area contributed by atoms with Gasteiger partial charge in [-0.15, -0.1) is 11.3 Å². The fourth-order valence-electron chi connectivity index (χ4n) is 2.84. The van der Waals surface area contributed by atoms with Crippen molar-refractivity contribution in [3.8, 4) is 0 Å². The van der Waals surface area contributed by atoms with E-state index < -0.39 is 0 Å². The summed E-state index contributed by atoms with van der Waals surface area (Å²) in [5.74, 6) is -0.00258. The van der Waals surface area contributed by atoms with Gasteiger partial charge in [0, 0.05) is 24.5 Å². The number of nitrogens with zero attached hydrogens (tertiary/aromatic N) is 1. The van der Waals surface area contributed by atoms with Crippen LogP contribution in [0.4, 0.5) is 0 Å². The molecule has 2 rings (SSSR count). The van der Waals surface area contributed by atoms with E-state index in [0.717, 1.165) is 13.0 Å². The van der Waals surface area contributed by atoms with E-state index in [0.29, 0.717) is 13.2 Å². The van der Waals surface area contributed by atoms with Crippen LogP contribution in [0.3, 0.4) is 0 Å². The van der Waals surface area contributed by atoms with Crippen molar-refractivity contribution in [2.45, 2.75) is 38.4 Å². The second kappa shape index (κ2) is 7.35. The van der Waals surface area contributed by atoms with Crippen molar-refractivity contribution in [3.05, 3.63) is 21.9 Å². The zero-order valence-electron chi connectivity index (χ0n) is 13.0. The molecule has 1 fully saturated rings. The zero-order chi connectivity index (χ0) is 15.4. The predicted molar refractivity (Wildman–Crippen MR) is 85.4 cm³/mol. The van der Waals surface area contributed by atoms with E-state index in [2.05, 4.69) is 35.5 Å². The maximum atomic E-state index is 12.2. The van der Waals surface area contributed by atoms with E-state index in [1.807, 2.05) is 0 Å². The van der Waals surface area contributed by atoms with Crippen LogP contribution >= 0.6 is 11.3 Å². The Balaban J connectivity index is 2.34. The Labute approximate surface area is 130 Å². The van der Waals surface area contributed by atoms with E-state index in [4.69, 9.17) is 10.5 Å². The minimum Gasteiger partial charge on any atom is -0.378 e. The lowest BCUT2D eigenvalue weighted by atomic mass is 9.98. The fraction of sp³-hybridized carbons (Fsp3) is 0.667. The molecule has 6 heteroatoms. The highest BCUT2D eigenvalue weighted by atomic mass is 32.1. The van der Waals surface area contributed by atoms with Gasteiger partial charge in [-0.1, -0.05) is 6.92 Å². The van der Waals surface area contributed by atoms with Gasteiger partial charge in [-0.25, -0.2) is 0 Å². The standard InChI is InChI=1S/C15H25N3O2S/c1-4-11(16)13(14-10(2)5-8-21-14)18-6-7-20-9-12(18)15(19)17-3/h5,8,11-13H,4,6-7,9,16H2,1-3H3,(H,17,19). The normalized spacial score (nSPS) is 22.8. The topological polar surface area (TPSA) is 67.6 Å². The SMILES string of the molecule is CCC(N)C(c1sccc1C)N1CCOCC1C(=O)NC. The molecule has 2 heterocycles. The molecular weight excluding hydrogens is 286 g/mol. The van der Waals surface area contributed by atoms with Crippen LogP contribution in [0.5, 0.6) is 0 Å².